The second-order valence-electron chi connectivity index (χ2n) is 4.51. The topological polar surface area (TPSA) is 57.9 Å². The van der Waals surface area contributed by atoms with Crippen molar-refractivity contribution in [2.45, 2.75) is 32.7 Å². The molecule has 1 saturated heterocycles. The number of esters is 1. The molecular formula is C14H18O5. The molecule has 5 heteroatoms. The van der Waals surface area contributed by atoms with Gasteiger partial charge >= 0.3 is 5.97 Å². The lowest BCUT2D eigenvalue weighted by Gasteiger charge is -2.13. The van der Waals surface area contributed by atoms with Crippen molar-refractivity contribution in [1.29, 1.82) is 0 Å². The third-order valence-electron chi connectivity index (χ3n) is 2.54. The highest BCUT2D eigenvalue weighted by Crippen LogP contribution is 2.19. The van der Waals surface area contributed by atoms with E-state index in [9.17, 15) is 4.79 Å². The van der Waals surface area contributed by atoms with Gasteiger partial charge in [0.1, 0.15) is 5.76 Å². The Morgan fingerprint density at radius 3 is 2.79 bits per heavy atom. The van der Waals surface area contributed by atoms with Crippen LogP contribution in [-0.4, -0.2) is 31.6 Å². The highest BCUT2D eigenvalue weighted by atomic mass is 16.7. The zero-order valence-corrected chi connectivity index (χ0v) is 11.1. The van der Waals surface area contributed by atoms with Gasteiger partial charge in [-0.05, 0) is 32.1 Å². The molecule has 5 nitrogen and oxygen atoms in total. The fourth-order valence-corrected chi connectivity index (χ4v) is 1.74. The van der Waals surface area contributed by atoms with Gasteiger partial charge in [0.15, 0.2) is 6.29 Å². The SMILES string of the molecule is CC(C)OC(=O)C(=Cc1ccco1)CC1OCCO1. The van der Waals surface area contributed by atoms with E-state index in [4.69, 9.17) is 18.6 Å². The highest BCUT2D eigenvalue weighted by Gasteiger charge is 2.23. The maximum atomic E-state index is 12.0. The molecule has 1 fully saturated rings. The Morgan fingerprint density at radius 2 is 2.21 bits per heavy atom. The zero-order valence-electron chi connectivity index (χ0n) is 11.1. The summed E-state index contributed by atoms with van der Waals surface area (Å²) in [4.78, 5) is 12.0. The first-order chi connectivity index (χ1) is 9.15. The molecule has 1 aliphatic rings. The van der Waals surface area contributed by atoms with Gasteiger partial charge in [-0.1, -0.05) is 0 Å². The molecule has 0 atom stereocenters. The standard InChI is InChI=1S/C14H18O5/c1-10(2)19-14(15)11(8-12-4-3-5-16-12)9-13-17-6-7-18-13/h3-5,8,10,13H,6-7,9H2,1-2H3. The Hall–Kier alpha value is -1.59. The Morgan fingerprint density at radius 1 is 1.47 bits per heavy atom. The Labute approximate surface area is 112 Å². The quantitative estimate of drug-likeness (QED) is 0.605. The molecule has 0 saturated carbocycles. The molecule has 1 aliphatic heterocycles. The summed E-state index contributed by atoms with van der Waals surface area (Å²) in [5.41, 5.74) is 0.482. The highest BCUT2D eigenvalue weighted by molar-refractivity contribution is 5.93. The van der Waals surface area contributed by atoms with Crippen LogP contribution in [0.1, 0.15) is 26.0 Å². The molecule has 1 aromatic rings. The molecular weight excluding hydrogens is 248 g/mol. The fraction of sp³-hybridized carbons (Fsp3) is 0.500. The number of ether oxygens (including phenoxy) is 3. The van der Waals surface area contributed by atoms with Crippen LogP contribution in [0.5, 0.6) is 0 Å². The second kappa shape index (κ2) is 6.54. The van der Waals surface area contributed by atoms with Gasteiger partial charge in [-0.3, -0.25) is 0 Å². The predicted molar refractivity (Wildman–Crippen MR) is 68.2 cm³/mol. The summed E-state index contributed by atoms with van der Waals surface area (Å²) >= 11 is 0. The molecule has 0 spiro atoms. The van der Waals surface area contributed by atoms with E-state index in [1.54, 1.807) is 24.5 Å². The number of hydrogen-bond donors (Lipinski definition) is 0. The normalized spacial score (nSPS) is 17.1. The van der Waals surface area contributed by atoms with Crippen molar-refractivity contribution in [1.82, 2.24) is 0 Å². The molecule has 0 N–H and O–H groups in total. The predicted octanol–water partition coefficient (Wildman–Crippen LogP) is 2.38. The smallest absolute Gasteiger partial charge is 0.334 e. The monoisotopic (exact) mass is 266 g/mol. The van der Waals surface area contributed by atoms with Crippen LogP contribution >= 0.6 is 0 Å². The van der Waals surface area contributed by atoms with Gasteiger partial charge in [0, 0.05) is 12.0 Å². The summed E-state index contributed by atoms with van der Waals surface area (Å²) in [6, 6.07) is 3.54. The summed E-state index contributed by atoms with van der Waals surface area (Å²) in [7, 11) is 0. The molecule has 0 unspecified atom stereocenters. The first-order valence-corrected chi connectivity index (χ1v) is 6.33. The lowest BCUT2D eigenvalue weighted by molar-refractivity contribution is -0.143. The maximum absolute atomic E-state index is 12.0. The number of hydrogen-bond acceptors (Lipinski definition) is 5. The minimum absolute atomic E-state index is 0.169. The van der Waals surface area contributed by atoms with Crippen molar-refractivity contribution >= 4 is 12.0 Å². The largest absolute Gasteiger partial charge is 0.465 e. The second-order valence-corrected chi connectivity index (χ2v) is 4.51. The van der Waals surface area contributed by atoms with E-state index in [0.717, 1.165) is 0 Å². The molecule has 104 valence electrons. The number of carbonyl (C=O) groups is 1. The van der Waals surface area contributed by atoms with Crippen molar-refractivity contribution in [2.24, 2.45) is 0 Å². The molecule has 19 heavy (non-hydrogen) atoms. The molecule has 0 aliphatic carbocycles. The van der Waals surface area contributed by atoms with Gasteiger partial charge in [-0.15, -0.1) is 0 Å². The van der Waals surface area contributed by atoms with E-state index >= 15 is 0 Å². The van der Waals surface area contributed by atoms with Crippen LogP contribution < -0.4 is 0 Å². The summed E-state index contributed by atoms with van der Waals surface area (Å²) in [6.45, 7) is 4.73. The molecule has 0 aromatic carbocycles. The lowest BCUT2D eigenvalue weighted by atomic mass is 10.1. The third-order valence-corrected chi connectivity index (χ3v) is 2.54. The van der Waals surface area contributed by atoms with Crippen LogP contribution in [0.3, 0.4) is 0 Å². The molecule has 2 heterocycles. The first kappa shape index (κ1) is 13.8. The van der Waals surface area contributed by atoms with Crippen molar-refractivity contribution in [3.63, 3.8) is 0 Å². The van der Waals surface area contributed by atoms with Gasteiger partial charge < -0.3 is 18.6 Å². The van der Waals surface area contributed by atoms with E-state index < -0.39 is 0 Å². The summed E-state index contributed by atoms with van der Waals surface area (Å²) in [5.74, 6) is 0.235. The number of rotatable bonds is 5. The van der Waals surface area contributed by atoms with E-state index in [1.807, 2.05) is 13.8 Å². The fourth-order valence-electron chi connectivity index (χ4n) is 1.74. The molecule has 1 aromatic heterocycles. The summed E-state index contributed by atoms with van der Waals surface area (Å²) in [6.07, 6.45) is 3.01. The number of furan rings is 1. The Balaban J connectivity index is 2.09. The first-order valence-electron chi connectivity index (χ1n) is 6.33. The van der Waals surface area contributed by atoms with E-state index in [0.29, 0.717) is 31.0 Å². The lowest BCUT2D eigenvalue weighted by Crippen LogP contribution is -2.18. The van der Waals surface area contributed by atoms with E-state index in [2.05, 4.69) is 0 Å². The van der Waals surface area contributed by atoms with E-state index in [1.165, 1.54) is 0 Å². The van der Waals surface area contributed by atoms with Gasteiger partial charge in [0.05, 0.1) is 25.6 Å². The van der Waals surface area contributed by atoms with Crippen molar-refractivity contribution in [3.05, 3.63) is 29.7 Å². The Kier molecular flexibility index (Phi) is 4.76. The molecule has 2 rings (SSSR count). The van der Waals surface area contributed by atoms with Gasteiger partial charge in [-0.25, -0.2) is 4.79 Å². The average molecular weight is 266 g/mol. The van der Waals surface area contributed by atoms with Crippen LogP contribution in [0.2, 0.25) is 0 Å². The minimum atomic E-state index is -0.388. The Bertz CT molecular complexity index is 427. The van der Waals surface area contributed by atoms with Crippen LogP contribution in [0, 0.1) is 0 Å². The van der Waals surface area contributed by atoms with E-state index in [-0.39, 0.29) is 18.4 Å². The van der Waals surface area contributed by atoms with Crippen LogP contribution in [0.25, 0.3) is 6.08 Å². The van der Waals surface area contributed by atoms with Crippen LogP contribution in [0.15, 0.2) is 28.4 Å². The van der Waals surface area contributed by atoms with Crippen molar-refractivity contribution in [3.8, 4) is 0 Å². The van der Waals surface area contributed by atoms with Gasteiger partial charge in [-0.2, -0.15) is 0 Å². The van der Waals surface area contributed by atoms with Gasteiger partial charge in [0.25, 0.3) is 0 Å². The number of carbonyl (C=O) groups excluding carboxylic acids is 1. The van der Waals surface area contributed by atoms with Crippen molar-refractivity contribution in [2.75, 3.05) is 13.2 Å². The average Bonchev–Trinajstić information content (AvgIpc) is 2.99. The van der Waals surface area contributed by atoms with Crippen LogP contribution in [0.4, 0.5) is 0 Å². The minimum Gasteiger partial charge on any atom is -0.465 e. The maximum Gasteiger partial charge on any atom is 0.334 e. The molecule has 0 amide bonds. The zero-order chi connectivity index (χ0) is 13.7. The van der Waals surface area contributed by atoms with Crippen LogP contribution in [-0.2, 0) is 19.0 Å². The summed E-state index contributed by atoms with van der Waals surface area (Å²) < 4.78 is 21.1. The molecule has 0 radical (unpaired) electrons. The molecule has 0 bridgehead atoms. The van der Waals surface area contributed by atoms with Crippen molar-refractivity contribution < 1.29 is 23.4 Å². The van der Waals surface area contributed by atoms with Gasteiger partial charge in [0.2, 0.25) is 0 Å². The third kappa shape index (κ3) is 4.22. The summed E-state index contributed by atoms with van der Waals surface area (Å²) in [5, 5.41) is 0.